The third kappa shape index (κ3) is 23.7. The molecule has 0 bridgehead atoms. The molecule has 0 aromatic rings. The van der Waals surface area contributed by atoms with Crippen LogP contribution in [0.1, 0.15) is 96.8 Å². The molecule has 0 spiro atoms. The van der Waals surface area contributed by atoms with Gasteiger partial charge >= 0.3 is 16.4 Å². The molecule has 0 aliphatic carbocycles. The maximum atomic E-state index is 11.0. The zero-order valence-corrected chi connectivity index (χ0v) is 15.9. The lowest BCUT2D eigenvalue weighted by Gasteiger charge is -2.01. The topological polar surface area (TPSA) is 80.7 Å². The predicted molar refractivity (Wildman–Crippen MR) is 107 cm³/mol. The fourth-order valence-corrected chi connectivity index (χ4v) is 2.82. The van der Waals surface area contributed by atoms with E-state index in [9.17, 15) is 13.2 Å². The van der Waals surface area contributed by atoms with Gasteiger partial charge in [-0.15, -0.1) is 0 Å². The van der Waals surface area contributed by atoms with Crippen molar-refractivity contribution < 1.29 is 21.9 Å². The van der Waals surface area contributed by atoms with Crippen LogP contribution in [0.4, 0.5) is 0 Å². The molecule has 0 atom stereocenters. The van der Waals surface area contributed by atoms with Gasteiger partial charge in [-0.1, -0.05) is 70.4 Å². The number of hydrogen-bond acceptors (Lipinski definition) is 4. The van der Waals surface area contributed by atoms with E-state index in [0.717, 1.165) is 32.1 Å². The Bertz CT molecular complexity index is 435. The second-order valence-corrected chi connectivity index (χ2v) is 7.24. The molecule has 0 aromatic heterocycles. The van der Waals surface area contributed by atoms with Crippen LogP contribution in [0, 0.1) is 0 Å². The highest BCUT2D eigenvalue weighted by molar-refractivity contribution is 7.81. The Morgan fingerprint density at radius 1 is 0.840 bits per heavy atom. The van der Waals surface area contributed by atoms with E-state index in [1.54, 1.807) is 0 Å². The lowest BCUT2D eigenvalue weighted by atomic mass is 10.1. The summed E-state index contributed by atoms with van der Waals surface area (Å²) in [6, 6.07) is 0. The Morgan fingerprint density at radius 3 is 1.76 bits per heavy atom. The minimum Gasteiger partial charge on any atom is -0.325 e. The Kier molecular flexibility index (Phi) is 19.8. The number of hydrogen-bond donors (Lipinski definition) is 1. The van der Waals surface area contributed by atoms with Crippen molar-refractivity contribution in [3.05, 3.63) is 12.2 Å². The van der Waals surface area contributed by atoms with E-state index >= 15 is 0 Å². The fourth-order valence-electron chi connectivity index (χ4n) is 2.50. The summed E-state index contributed by atoms with van der Waals surface area (Å²) in [4.78, 5) is 11.0. The molecule has 1 N–H and O–H groups in total. The van der Waals surface area contributed by atoms with Crippen LogP contribution in [-0.2, 0) is 19.4 Å². The van der Waals surface area contributed by atoms with Crippen molar-refractivity contribution in [3.63, 3.8) is 0 Å². The molecular formula is C18H37AlO5S. The van der Waals surface area contributed by atoms with Crippen LogP contribution in [0.5, 0.6) is 0 Å². The van der Waals surface area contributed by atoms with Crippen LogP contribution in [0.15, 0.2) is 12.2 Å². The summed E-state index contributed by atoms with van der Waals surface area (Å²) in [5.41, 5.74) is 0. The van der Waals surface area contributed by atoms with Crippen molar-refractivity contribution in [2.75, 3.05) is 0 Å². The minimum atomic E-state index is -4.65. The van der Waals surface area contributed by atoms with Gasteiger partial charge in [0.25, 0.3) is 0 Å². The number of carbonyl (C=O) groups is 1. The largest absolute Gasteiger partial charge is 0.448 e. The van der Waals surface area contributed by atoms with Crippen LogP contribution >= 0.6 is 0 Å². The van der Waals surface area contributed by atoms with Crippen LogP contribution < -0.4 is 0 Å². The van der Waals surface area contributed by atoms with E-state index in [0.29, 0.717) is 6.42 Å². The number of carbonyl (C=O) groups excluding carboxylic acids is 1. The maximum Gasteiger partial charge on any atom is 0.448 e. The van der Waals surface area contributed by atoms with Crippen molar-refractivity contribution >= 4 is 33.7 Å². The van der Waals surface area contributed by atoms with E-state index in [-0.39, 0.29) is 23.8 Å². The Morgan fingerprint density at radius 2 is 1.28 bits per heavy atom. The van der Waals surface area contributed by atoms with Gasteiger partial charge in [0.2, 0.25) is 0 Å². The molecule has 0 amide bonds. The van der Waals surface area contributed by atoms with E-state index in [2.05, 4.69) is 23.3 Å². The summed E-state index contributed by atoms with van der Waals surface area (Å²) in [5, 5.41) is 0. The molecule has 0 heterocycles. The van der Waals surface area contributed by atoms with Crippen LogP contribution in [0.25, 0.3) is 0 Å². The molecule has 5 nitrogen and oxygen atoms in total. The number of rotatable bonds is 16. The van der Waals surface area contributed by atoms with Crippen molar-refractivity contribution in [2.24, 2.45) is 0 Å². The molecule has 0 aliphatic heterocycles. The number of allylic oxidation sites excluding steroid dienone is 2. The smallest absolute Gasteiger partial charge is 0.325 e. The second-order valence-electron chi connectivity index (χ2n) is 6.22. The SMILES string of the molecule is CCCCCCCCC=CCCCCCCCC(=O)OS(=O)(=O)O.[AlH3]. The second kappa shape index (κ2) is 18.4. The molecule has 0 radical (unpaired) electrons. The Labute approximate surface area is 164 Å². The molecule has 0 aliphatic rings. The van der Waals surface area contributed by atoms with Crippen molar-refractivity contribution in [3.8, 4) is 0 Å². The zero-order valence-electron chi connectivity index (χ0n) is 15.0. The minimum absolute atomic E-state index is 0. The van der Waals surface area contributed by atoms with Crippen LogP contribution in [0.3, 0.4) is 0 Å². The molecule has 25 heavy (non-hydrogen) atoms. The number of unbranched alkanes of at least 4 members (excludes halogenated alkanes) is 11. The zero-order chi connectivity index (χ0) is 18.1. The van der Waals surface area contributed by atoms with Gasteiger partial charge in [-0.25, -0.2) is 0 Å². The molecule has 0 unspecified atom stereocenters. The molecular weight excluding hydrogens is 355 g/mol. The molecule has 0 saturated heterocycles. The standard InChI is InChI=1S/C18H34O5S.Al.3H/c1-2-3-4-5-6-7-8-9-10-11-12-13-14-15-16-17-18(19)23-24(20,21)22;;;;/h9-10H,2-8,11-17H2,1H3,(H,20,21,22);;;;. The maximum absolute atomic E-state index is 11.0. The van der Waals surface area contributed by atoms with Crippen molar-refractivity contribution in [1.82, 2.24) is 0 Å². The monoisotopic (exact) mass is 392 g/mol. The summed E-state index contributed by atoms with van der Waals surface area (Å²) in [6.07, 6.45) is 19.6. The summed E-state index contributed by atoms with van der Waals surface area (Å²) in [5.74, 6) is -0.893. The van der Waals surface area contributed by atoms with Crippen LogP contribution in [-0.4, -0.2) is 36.3 Å². The van der Waals surface area contributed by atoms with Gasteiger partial charge in [-0.05, 0) is 32.1 Å². The van der Waals surface area contributed by atoms with Gasteiger partial charge < -0.3 is 4.18 Å². The van der Waals surface area contributed by atoms with Crippen molar-refractivity contribution in [2.45, 2.75) is 96.8 Å². The van der Waals surface area contributed by atoms with Gasteiger partial charge in [-0.3, -0.25) is 9.35 Å². The summed E-state index contributed by atoms with van der Waals surface area (Å²) < 4.78 is 32.8. The summed E-state index contributed by atoms with van der Waals surface area (Å²) in [6.45, 7) is 2.24. The average molecular weight is 393 g/mol. The lowest BCUT2D eigenvalue weighted by Crippen LogP contribution is -2.11. The third-order valence-corrected chi connectivity index (χ3v) is 4.24. The summed E-state index contributed by atoms with van der Waals surface area (Å²) >= 11 is 0. The average Bonchev–Trinajstić information content (AvgIpc) is 2.49. The molecule has 0 saturated carbocycles. The van der Waals surface area contributed by atoms with E-state index in [1.807, 2.05) is 0 Å². The summed E-state index contributed by atoms with van der Waals surface area (Å²) in [7, 11) is -4.65. The van der Waals surface area contributed by atoms with Gasteiger partial charge in [0.05, 0.1) is 0 Å². The third-order valence-electron chi connectivity index (χ3n) is 3.84. The highest BCUT2D eigenvalue weighted by Gasteiger charge is 2.12. The molecule has 0 rings (SSSR count). The van der Waals surface area contributed by atoms with Gasteiger partial charge in [0.1, 0.15) is 0 Å². The van der Waals surface area contributed by atoms with E-state index in [4.69, 9.17) is 4.55 Å². The quantitative estimate of drug-likeness (QED) is 0.184. The van der Waals surface area contributed by atoms with E-state index in [1.165, 1.54) is 44.9 Å². The first-order chi connectivity index (χ1) is 11.5. The normalized spacial score (nSPS) is 11.4. The van der Waals surface area contributed by atoms with Gasteiger partial charge in [0, 0.05) is 6.42 Å². The Hall–Kier alpha value is -0.348. The van der Waals surface area contributed by atoms with Gasteiger partial charge in [0.15, 0.2) is 17.4 Å². The Balaban J connectivity index is 0. The first-order valence-electron chi connectivity index (χ1n) is 9.30. The molecule has 0 fully saturated rings. The molecule has 148 valence electrons. The highest BCUT2D eigenvalue weighted by Crippen LogP contribution is 2.10. The first kappa shape index (κ1) is 26.9. The van der Waals surface area contributed by atoms with Crippen LogP contribution in [0.2, 0.25) is 0 Å². The van der Waals surface area contributed by atoms with E-state index < -0.39 is 16.4 Å². The first-order valence-corrected chi connectivity index (χ1v) is 10.7. The predicted octanol–water partition coefficient (Wildman–Crippen LogP) is 4.19. The molecule has 7 heteroatoms. The lowest BCUT2D eigenvalue weighted by molar-refractivity contribution is -0.134. The van der Waals surface area contributed by atoms with Gasteiger partial charge in [-0.2, -0.15) is 8.42 Å². The van der Waals surface area contributed by atoms with Crippen molar-refractivity contribution in [1.29, 1.82) is 0 Å². The highest BCUT2D eigenvalue weighted by atomic mass is 32.3. The fraction of sp³-hybridized carbons (Fsp3) is 0.833. The molecule has 0 aromatic carbocycles.